The predicted molar refractivity (Wildman–Crippen MR) is 156 cm³/mol. The normalized spacial score (nSPS) is 16.8. The Kier molecular flexibility index (Phi) is 9.17. The third-order valence-corrected chi connectivity index (χ3v) is 6.68. The van der Waals surface area contributed by atoms with E-state index in [0.29, 0.717) is 42.4 Å². The molecule has 1 aromatic heterocycles. The highest BCUT2D eigenvalue weighted by Crippen LogP contribution is 2.36. The zero-order valence-corrected chi connectivity index (χ0v) is 25.5. The van der Waals surface area contributed by atoms with Crippen LogP contribution in [0.4, 0.5) is 33.2 Å². The Bertz CT molecular complexity index is 1520. The summed E-state index contributed by atoms with van der Waals surface area (Å²) in [5.74, 6) is 0. The van der Waals surface area contributed by atoms with E-state index < -0.39 is 53.4 Å². The number of likely N-dealkylation sites (tertiary alicyclic amines) is 1. The van der Waals surface area contributed by atoms with Gasteiger partial charge in [-0.3, -0.25) is 5.32 Å². The summed E-state index contributed by atoms with van der Waals surface area (Å²) in [4.78, 5) is 40.3. The van der Waals surface area contributed by atoms with E-state index in [4.69, 9.17) is 14.2 Å². The molecule has 0 unspecified atom stereocenters. The van der Waals surface area contributed by atoms with Crippen molar-refractivity contribution in [2.75, 3.05) is 11.9 Å². The molecule has 1 aliphatic rings. The van der Waals surface area contributed by atoms with Crippen LogP contribution in [-0.2, 0) is 20.4 Å². The van der Waals surface area contributed by atoms with Gasteiger partial charge in [-0.2, -0.15) is 23.0 Å². The largest absolute Gasteiger partial charge is 0.444 e. The van der Waals surface area contributed by atoms with Gasteiger partial charge in [0.2, 0.25) is 0 Å². The Morgan fingerprint density at radius 1 is 0.932 bits per heavy atom. The van der Waals surface area contributed by atoms with E-state index in [-0.39, 0.29) is 5.56 Å². The van der Waals surface area contributed by atoms with E-state index in [1.54, 1.807) is 53.7 Å². The molecule has 0 saturated carbocycles. The number of carbonyl (C=O) groups excluding carboxylic acids is 3. The molecule has 2 atom stereocenters. The Hall–Kier alpha value is -4.29. The van der Waals surface area contributed by atoms with E-state index in [0.717, 1.165) is 16.8 Å². The summed E-state index contributed by atoms with van der Waals surface area (Å²) in [5, 5.41) is 7.21. The molecule has 0 spiro atoms. The molecule has 2 aromatic carbocycles. The molecular weight excluding hydrogens is 581 g/mol. The van der Waals surface area contributed by atoms with Gasteiger partial charge < -0.3 is 19.1 Å². The number of carbonyl (C=O) groups is 3. The Morgan fingerprint density at radius 2 is 1.61 bits per heavy atom. The first-order valence-electron chi connectivity index (χ1n) is 14.3. The van der Waals surface area contributed by atoms with Gasteiger partial charge in [-0.05, 0) is 96.7 Å². The Balaban J connectivity index is 1.61. The lowest BCUT2D eigenvalue weighted by atomic mass is 9.92. The molecule has 4 rings (SSSR count). The van der Waals surface area contributed by atoms with E-state index in [9.17, 15) is 27.6 Å². The number of hydrogen-bond acceptors (Lipinski definition) is 7. The van der Waals surface area contributed by atoms with Crippen LogP contribution in [0.25, 0.3) is 10.9 Å². The number of rotatable bonds is 4. The van der Waals surface area contributed by atoms with Crippen LogP contribution in [0.3, 0.4) is 0 Å². The first-order valence-corrected chi connectivity index (χ1v) is 14.3. The van der Waals surface area contributed by atoms with Crippen molar-refractivity contribution in [3.8, 4) is 0 Å². The lowest BCUT2D eigenvalue weighted by Gasteiger charge is -2.40. The van der Waals surface area contributed by atoms with Crippen LogP contribution in [0.15, 0.2) is 48.7 Å². The highest BCUT2D eigenvalue weighted by molar-refractivity contribution is 5.93. The van der Waals surface area contributed by atoms with Crippen LogP contribution in [0.5, 0.6) is 0 Å². The molecule has 10 nitrogen and oxygen atoms in total. The molecule has 1 saturated heterocycles. The van der Waals surface area contributed by atoms with Crippen molar-refractivity contribution in [3.05, 3.63) is 59.8 Å². The third-order valence-electron chi connectivity index (χ3n) is 6.68. The monoisotopic (exact) mass is 618 g/mol. The van der Waals surface area contributed by atoms with Crippen molar-refractivity contribution in [2.24, 2.45) is 0 Å². The molecule has 1 fully saturated rings. The van der Waals surface area contributed by atoms with Crippen molar-refractivity contribution in [1.82, 2.24) is 14.7 Å². The van der Waals surface area contributed by atoms with Crippen LogP contribution >= 0.6 is 0 Å². The number of anilines is 1. The second kappa shape index (κ2) is 12.4. The van der Waals surface area contributed by atoms with Gasteiger partial charge >= 0.3 is 24.5 Å². The first kappa shape index (κ1) is 32.6. The van der Waals surface area contributed by atoms with Crippen molar-refractivity contribution in [2.45, 2.75) is 90.3 Å². The molecule has 0 bridgehead atoms. The second-order valence-corrected chi connectivity index (χ2v) is 12.6. The number of alkyl halides is 3. The fraction of sp³-hybridized carbons (Fsp3) is 0.484. The molecule has 44 heavy (non-hydrogen) atoms. The van der Waals surface area contributed by atoms with Gasteiger partial charge in [0.25, 0.3) is 0 Å². The highest BCUT2D eigenvalue weighted by Gasteiger charge is 2.39. The second-order valence-electron chi connectivity index (χ2n) is 12.6. The number of nitrogens with zero attached hydrogens (tertiary/aromatic N) is 3. The molecule has 0 aliphatic carbocycles. The molecule has 3 aromatic rings. The topological polar surface area (TPSA) is 112 Å². The first-order chi connectivity index (χ1) is 20.4. The highest BCUT2D eigenvalue weighted by atomic mass is 19.4. The predicted octanol–water partition coefficient (Wildman–Crippen LogP) is 7.92. The quantitative estimate of drug-likeness (QED) is 0.296. The van der Waals surface area contributed by atoms with Crippen LogP contribution < -0.4 is 5.32 Å². The minimum Gasteiger partial charge on any atom is -0.444 e. The zero-order valence-electron chi connectivity index (χ0n) is 25.5. The number of piperidine rings is 1. The van der Waals surface area contributed by atoms with Gasteiger partial charge in [0.1, 0.15) is 17.3 Å². The number of benzene rings is 2. The van der Waals surface area contributed by atoms with Gasteiger partial charge in [0.15, 0.2) is 0 Å². The summed E-state index contributed by atoms with van der Waals surface area (Å²) >= 11 is 0. The average molecular weight is 619 g/mol. The number of hydrogen-bond donors (Lipinski definition) is 1. The summed E-state index contributed by atoms with van der Waals surface area (Å²) < 4.78 is 58.7. The van der Waals surface area contributed by atoms with Gasteiger partial charge in [-0.1, -0.05) is 12.1 Å². The number of fused-ring (bicyclic) bond motifs is 1. The summed E-state index contributed by atoms with van der Waals surface area (Å²) in [7, 11) is 0. The maximum atomic E-state index is 13.6. The van der Waals surface area contributed by atoms with Crippen LogP contribution in [-0.4, -0.2) is 56.7 Å². The number of amides is 2. The van der Waals surface area contributed by atoms with Crippen LogP contribution in [0.1, 0.15) is 78.0 Å². The van der Waals surface area contributed by atoms with Crippen molar-refractivity contribution < 1.29 is 41.8 Å². The van der Waals surface area contributed by atoms with Gasteiger partial charge in [-0.15, -0.1) is 0 Å². The van der Waals surface area contributed by atoms with E-state index in [1.165, 1.54) is 29.3 Å². The number of nitrogens with one attached hydrogen (secondary N) is 1. The lowest BCUT2D eigenvalue weighted by molar-refractivity contribution is -0.137. The van der Waals surface area contributed by atoms with E-state index in [1.807, 2.05) is 0 Å². The summed E-state index contributed by atoms with van der Waals surface area (Å²) in [6, 6.07) is 8.42. The van der Waals surface area contributed by atoms with Gasteiger partial charge in [-0.25, -0.2) is 14.4 Å². The maximum absolute atomic E-state index is 13.6. The van der Waals surface area contributed by atoms with Gasteiger partial charge in [0, 0.05) is 17.6 Å². The van der Waals surface area contributed by atoms with E-state index in [2.05, 4.69) is 10.4 Å². The number of aromatic nitrogens is 2. The summed E-state index contributed by atoms with van der Waals surface area (Å²) in [5.41, 5.74) is -1.62. The zero-order chi connectivity index (χ0) is 32.4. The smallest absolute Gasteiger partial charge is 0.435 e. The molecule has 1 aliphatic heterocycles. The summed E-state index contributed by atoms with van der Waals surface area (Å²) in [6.45, 7) is 10.6. The van der Waals surface area contributed by atoms with Crippen LogP contribution in [0, 0.1) is 0 Å². The number of ether oxygens (including phenoxy) is 3. The van der Waals surface area contributed by atoms with Crippen molar-refractivity contribution in [1.29, 1.82) is 0 Å². The maximum Gasteiger partial charge on any atom is 0.435 e. The third kappa shape index (κ3) is 8.20. The Morgan fingerprint density at radius 3 is 2.27 bits per heavy atom. The minimum absolute atomic E-state index is 0.0875. The fourth-order valence-electron chi connectivity index (χ4n) is 4.90. The van der Waals surface area contributed by atoms with Gasteiger partial charge in [0.05, 0.1) is 23.3 Å². The SMILES string of the molecule is CC(C)(C)OC(=O)N1CCCC[C@H]1[C@@H](OC(=O)Nc1ccc2c(cnn2C(=O)OC(C)(C)C)c1)c1cccc(C(F)(F)F)c1. The fourth-order valence-corrected chi connectivity index (χ4v) is 4.90. The molecule has 2 heterocycles. The average Bonchev–Trinajstić information content (AvgIpc) is 3.33. The minimum atomic E-state index is -4.63. The molecule has 13 heteroatoms. The van der Waals surface area contributed by atoms with Crippen molar-refractivity contribution in [3.63, 3.8) is 0 Å². The molecule has 2 amide bonds. The molecule has 0 radical (unpaired) electrons. The van der Waals surface area contributed by atoms with Crippen LogP contribution in [0.2, 0.25) is 0 Å². The lowest BCUT2D eigenvalue weighted by Crippen LogP contribution is -2.49. The van der Waals surface area contributed by atoms with E-state index >= 15 is 0 Å². The standard InChI is InChI=1S/C31H37F3N4O6/c1-29(2,3)43-27(40)37-15-8-7-12-24(37)25(19-10-9-11-21(16-19)31(32,33)34)42-26(39)36-22-13-14-23-20(17-22)18-35-38(23)28(41)44-30(4,5)6/h9-11,13-14,16-18,24-25H,7-8,12,15H2,1-6H3,(H,36,39)/t24-,25-/m0/s1. The number of halogens is 3. The van der Waals surface area contributed by atoms with Crippen molar-refractivity contribution >= 4 is 34.9 Å². The molecular formula is C31H37F3N4O6. The summed E-state index contributed by atoms with van der Waals surface area (Å²) in [6.07, 6.45) is -4.97. The Labute approximate surface area is 253 Å². The molecule has 1 N–H and O–H groups in total. The molecule has 238 valence electrons.